The molecule has 0 spiro atoms. The Morgan fingerprint density at radius 3 is 2.60 bits per heavy atom. The van der Waals surface area contributed by atoms with Crippen molar-refractivity contribution >= 4 is 76.3 Å². The van der Waals surface area contributed by atoms with E-state index in [9.17, 15) is 49.3 Å². The highest BCUT2D eigenvalue weighted by molar-refractivity contribution is 8.08. The van der Waals surface area contributed by atoms with Crippen LogP contribution in [0.25, 0.3) is 0 Å². The number of hydrogen-bond donors (Lipinski definition) is 8. The highest BCUT2D eigenvalue weighted by Gasteiger charge is 2.54. The first kappa shape index (κ1) is 38.4. The maximum atomic E-state index is 13.6. The molecular weight excluding hydrogens is 762 g/mol. The molecule has 5 heterocycles. The maximum Gasteiger partial charge on any atom is 0.352 e. The Kier molecular flexibility index (Phi) is 10.9. The SMILES string of the molecule is CC(C)(O/N=C(\C(=O)N[C@@H]1C(=O)N2C(C(=O)O)=C(CN3C=C(NC(=O)c4cc(=O)c(O)cn4O)C(N)=NC3)CSC12)C1=C(Cl)SC(N)=CC=C1)C(=O)O. The quantitative estimate of drug-likeness (QED) is 0.0607. The Bertz CT molecular complexity index is 2100. The highest BCUT2D eigenvalue weighted by atomic mass is 35.5. The molecule has 53 heavy (non-hydrogen) atoms. The number of carbonyl (C=O) groups is 5. The van der Waals surface area contributed by atoms with Gasteiger partial charge in [0.1, 0.15) is 35.3 Å². The number of carboxylic acids is 2. The predicted octanol–water partition coefficient (Wildman–Crippen LogP) is -0.479. The van der Waals surface area contributed by atoms with Crippen molar-refractivity contribution in [3.05, 3.63) is 84.5 Å². The molecule has 20 nitrogen and oxygen atoms in total. The lowest BCUT2D eigenvalue weighted by molar-refractivity contribution is -0.161. The second kappa shape index (κ2) is 15.0. The Morgan fingerprint density at radius 2 is 1.92 bits per heavy atom. The molecule has 0 aliphatic carbocycles. The average Bonchev–Trinajstić information content (AvgIpc) is 3.25. The van der Waals surface area contributed by atoms with Crippen LogP contribution in [0.4, 0.5) is 0 Å². The number of nitrogens with zero attached hydrogens (tertiary/aromatic N) is 5. The van der Waals surface area contributed by atoms with Crippen molar-refractivity contribution in [2.75, 3.05) is 19.0 Å². The zero-order chi connectivity index (χ0) is 38.9. The van der Waals surface area contributed by atoms with Gasteiger partial charge in [-0.2, -0.15) is 4.73 Å². The predicted molar refractivity (Wildman–Crippen MR) is 190 cm³/mol. The van der Waals surface area contributed by atoms with Gasteiger partial charge in [0.15, 0.2) is 11.5 Å². The first-order valence-electron chi connectivity index (χ1n) is 15.0. The smallest absolute Gasteiger partial charge is 0.352 e. The summed E-state index contributed by atoms with van der Waals surface area (Å²) in [5.41, 5.74) is 7.94. The Labute approximate surface area is 311 Å². The number of nitrogens with one attached hydrogen (secondary N) is 2. The molecule has 0 bridgehead atoms. The van der Waals surface area contributed by atoms with Gasteiger partial charge in [-0.25, -0.2) is 14.6 Å². The standard InChI is InChI=1S/C30H30ClN9O11S2/c1-30(2,29(48)49)51-37-19(13-4-3-5-18(32)53-22(13)31)25(44)36-20-26(45)40-21(28(46)47)12(10-52-27(20)40)7-38-8-14(23(33)34-11-38)35-24(43)15-6-16(41)17(42)9-39(15)50/h3-6,8-9,20,27,42,50H,7,10-11,32H2,1-2H3,(H2,33,34)(H,35,43)(H,36,44)(H,46,47)(H,48,49)/b37-19-/t20-,27?/m1/s1. The molecule has 1 saturated heterocycles. The summed E-state index contributed by atoms with van der Waals surface area (Å²) in [5, 5.41) is 47.3. The first-order chi connectivity index (χ1) is 24.9. The molecule has 4 aliphatic heterocycles. The number of halogens is 1. The van der Waals surface area contributed by atoms with E-state index in [1.54, 1.807) is 0 Å². The van der Waals surface area contributed by atoms with Gasteiger partial charge in [0.05, 0.1) is 21.3 Å². The number of carboxylic acid groups (broad SMARTS) is 2. The fourth-order valence-electron chi connectivity index (χ4n) is 4.94. The second-order valence-corrected chi connectivity index (χ2v) is 14.7. The lowest BCUT2D eigenvalue weighted by Gasteiger charge is -2.49. The minimum atomic E-state index is -1.86. The van der Waals surface area contributed by atoms with Gasteiger partial charge in [-0.05, 0) is 25.5 Å². The number of nitrogens with two attached hydrogens (primary N) is 2. The van der Waals surface area contributed by atoms with Crippen LogP contribution < -0.4 is 27.5 Å². The summed E-state index contributed by atoms with van der Waals surface area (Å²) in [5.74, 6) is -6.34. The van der Waals surface area contributed by atoms with Crippen molar-refractivity contribution in [3.8, 4) is 5.75 Å². The van der Waals surface area contributed by atoms with Gasteiger partial charge >= 0.3 is 11.9 Å². The average molecular weight is 792 g/mol. The number of amides is 3. The number of aliphatic imine (C=N–C) groups is 1. The summed E-state index contributed by atoms with van der Waals surface area (Å²) in [7, 11) is 0. The number of pyridine rings is 1. The Hall–Kier alpha value is -5.87. The summed E-state index contributed by atoms with van der Waals surface area (Å²) in [6, 6.07) is -0.524. The number of rotatable bonds is 11. The van der Waals surface area contributed by atoms with Crippen LogP contribution in [-0.2, 0) is 24.0 Å². The molecule has 1 aromatic rings. The lowest BCUT2D eigenvalue weighted by atomic mass is 10.0. The minimum Gasteiger partial charge on any atom is -0.503 e. The van der Waals surface area contributed by atoms with Gasteiger partial charge in [-0.3, -0.25) is 24.1 Å². The number of hydrogen-bond acceptors (Lipinski definition) is 16. The summed E-state index contributed by atoms with van der Waals surface area (Å²) in [6.45, 7) is 2.25. The molecule has 1 fully saturated rings. The van der Waals surface area contributed by atoms with Crippen LogP contribution in [0, 0.1) is 0 Å². The van der Waals surface area contributed by atoms with Crippen molar-refractivity contribution in [2.24, 2.45) is 21.6 Å². The molecular formula is C30H30ClN9O11S2. The molecule has 3 amide bonds. The molecule has 0 radical (unpaired) electrons. The van der Waals surface area contributed by atoms with E-state index in [0.29, 0.717) is 12.3 Å². The summed E-state index contributed by atoms with van der Waals surface area (Å²) < 4.78 is 0.247. The van der Waals surface area contributed by atoms with Crippen LogP contribution in [0.2, 0.25) is 0 Å². The molecule has 1 aromatic heterocycles. The van der Waals surface area contributed by atoms with Crippen molar-refractivity contribution in [3.63, 3.8) is 0 Å². The third kappa shape index (κ3) is 7.98. The van der Waals surface area contributed by atoms with E-state index in [2.05, 4.69) is 20.8 Å². The summed E-state index contributed by atoms with van der Waals surface area (Å²) >= 11 is 8.46. The zero-order valence-electron chi connectivity index (χ0n) is 27.5. The van der Waals surface area contributed by atoms with Crippen LogP contribution in [-0.4, -0.2) is 112 Å². The minimum absolute atomic E-state index is 0.00189. The van der Waals surface area contributed by atoms with Crippen molar-refractivity contribution in [1.82, 2.24) is 25.2 Å². The fraction of sp³-hybridized carbons (Fsp3) is 0.267. The Balaban J connectivity index is 1.35. The number of carbonyl (C=O) groups excluding carboxylic acids is 3. The number of oxime groups is 1. The van der Waals surface area contributed by atoms with Gasteiger partial charge in [0.25, 0.3) is 17.7 Å². The molecule has 10 N–H and O–H groups in total. The van der Waals surface area contributed by atoms with E-state index >= 15 is 0 Å². The van der Waals surface area contributed by atoms with E-state index in [4.69, 9.17) is 27.9 Å². The van der Waals surface area contributed by atoms with Gasteiger partial charge in [-0.15, -0.1) is 11.8 Å². The van der Waals surface area contributed by atoms with E-state index in [-0.39, 0.29) is 61.5 Å². The lowest BCUT2D eigenvalue weighted by Crippen LogP contribution is -2.71. The number of allylic oxidation sites excluding steroid dienone is 3. The van der Waals surface area contributed by atoms with Crippen LogP contribution in [0.3, 0.4) is 0 Å². The zero-order valence-corrected chi connectivity index (χ0v) is 29.9. The monoisotopic (exact) mass is 791 g/mol. The largest absolute Gasteiger partial charge is 0.503 e. The molecule has 4 aliphatic rings. The summed E-state index contributed by atoms with van der Waals surface area (Å²) in [6.07, 6.45) is 6.38. The number of aliphatic carboxylic acids is 2. The first-order valence-corrected chi connectivity index (χ1v) is 17.3. The molecule has 0 saturated carbocycles. The van der Waals surface area contributed by atoms with Crippen LogP contribution in [0.5, 0.6) is 5.75 Å². The topological polar surface area (TPSA) is 305 Å². The molecule has 2 atom stereocenters. The van der Waals surface area contributed by atoms with Gasteiger partial charge in [0.2, 0.25) is 11.0 Å². The van der Waals surface area contributed by atoms with Crippen LogP contribution in [0.15, 0.2) is 83.6 Å². The van der Waals surface area contributed by atoms with Crippen molar-refractivity contribution < 1.29 is 49.3 Å². The third-order valence-corrected chi connectivity index (χ3v) is 10.3. The molecule has 280 valence electrons. The normalized spacial score (nSPS) is 20.4. The van der Waals surface area contributed by atoms with Gasteiger partial charge in [0, 0.05) is 30.1 Å². The van der Waals surface area contributed by atoms with Gasteiger partial charge < -0.3 is 52.4 Å². The fourth-order valence-corrected chi connectivity index (χ4v) is 7.33. The number of aromatic nitrogens is 1. The van der Waals surface area contributed by atoms with Crippen molar-refractivity contribution in [2.45, 2.75) is 30.9 Å². The molecule has 23 heteroatoms. The van der Waals surface area contributed by atoms with E-state index in [1.165, 1.54) is 43.2 Å². The van der Waals surface area contributed by atoms with E-state index < -0.39 is 69.3 Å². The van der Waals surface area contributed by atoms with Gasteiger partial charge in [-0.1, -0.05) is 40.7 Å². The van der Waals surface area contributed by atoms with Crippen LogP contribution >= 0.6 is 35.1 Å². The number of fused-ring (bicyclic) bond motifs is 1. The summed E-state index contributed by atoms with van der Waals surface area (Å²) in [4.78, 5) is 87.7. The molecule has 5 rings (SSSR count). The van der Waals surface area contributed by atoms with E-state index in [0.717, 1.165) is 28.4 Å². The number of thioether (sulfide) groups is 2. The van der Waals surface area contributed by atoms with E-state index in [1.807, 2.05) is 0 Å². The third-order valence-electron chi connectivity index (χ3n) is 7.73. The second-order valence-electron chi connectivity index (χ2n) is 11.9. The Morgan fingerprint density at radius 1 is 1.21 bits per heavy atom. The molecule has 1 unspecified atom stereocenters. The highest BCUT2D eigenvalue weighted by Crippen LogP contribution is 2.41. The number of amidine groups is 1. The maximum absolute atomic E-state index is 13.6. The number of β-lactam (4-membered cyclic amide) rings is 1. The number of aromatic hydroxyl groups is 1. The van der Waals surface area contributed by atoms with Crippen molar-refractivity contribution in [1.29, 1.82) is 0 Å². The van der Waals surface area contributed by atoms with Crippen LogP contribution in [0.1, 0.15) is 24.3 Å². The molecule has 0 aromatic carbocycles.